The van der Waals surface area contributed by atoms with Crippen LogP contribution in [0.1, 0.15) is 36.5 Å². The Morgan fingerprint density at radius 2 is 1.88 bits per heavy atom. The molecule has 0 spiro atoms. The van der Waals surface area contributed by atoms with Gasteiger partial charge in [-0.1, -0.05) is 43.7 Å². The Balaban J connectivity index is 2.50. The van der Waals surface area contributed by atoms with Crippen LogP contribution in [0, 0.1) is 0 Å². The van der Waals surface area contributed by atoms with E-state index in [1.165, 1.54) is 0 Å². The van der Waals surface area contributed by atoms with Gasteiger partial charge in [-0.15, -0.1) is 0 Å². The van der Waals surface area contributed by atoms with E-state index in [0.717, 1.165) is 18.2 Å². The zero-order valence-electron chi connectivity index (χ0n) is 9.94. The first-order valence-electron chi connectivity index (χ1n) is 5.98. The first-order chi connectivity index (χ1) is 8.24. The van der Waals surface area contributed by atoms with Crippen molar-refractivity contribution in [3.05, 3.63) is 42.0 Å². The number of fused-ring (bicyclic) bond motifs is 1. The van der Waals surface area contributed by atoms with Gasteiger partial charge in [-0.25, -0.2) is 0 Å². The van der Waals surface area contributed by atoms with E-state index in [-0.39, 0.29) is 11.5 Å². The number of hydrogen-bond donors (Lipinski definition) is 1. The molecule has 0 aromatic heterocycles. The average Bonchev–Trinajstić information content (AvgIpc) is 2.35. The summed E-state index contributed by atoms with van der Waals surface area (Å²) in [7, 11) is 0. The van der Waals surface area contributed by atoms with E-state index in [4.69, 9.17) is 0 Å². The van der Waals surface area contributed by atoms with Crippen LogP contribution in [-0.2, 0) is 0 Å². The van der Waals surface area contributed by atoms with Gasteiger partial charge in [0.25, 0.3) is 0 Å². The van der Waals surface area contributed by atoms with E-state index in [0.29, 0.717) is 17.4 Å². The quantitative estimate of drug-likeness (QED) is 0.805. The first kappa shape index (κ1) is 11.6. The Kier molecular flexibility index (Phi) is 3.43. The minimum atomic E-state index is 0.110. The first-order valence-corrected chi connectivity index (χ1v) is 5.98. The highest BCUT2D eigenvalue weighted by molar-refractivity contribution is 6.10. The number of carbonyl (C=O) groups is 1. The molecule has 0 aliphatic carbocycles. The van der Waals surface area contributed by atoms with E-state index in [1.807, 2.05) is 18.2 Å². The molecule has 2 nitrogen and oxygen atoms in total. The summed E-state index contributed by atoms with van der Waals surface area (Å²) in [5.41, 5.74) is 0.633. The zero-order chi connectivity index (χ0) is 12.3. The Morgan fingerprint density at radius 1 is 1.18 bits per heavy atom. The lowest BCUT2D eigenvalue weighted by atomic mass is 9.98. The number of Topliss-reactive ketones (excluding diaryl/α,β-unsaturated/α-hetero) is 1. The average molecular weight is 228 g/mol. The molecule has 0 heterocycles. The largest absolute Gasteiger partial charge is 0.507 e. The van der Waals surface area contributed by atoms with E-state index in [9.17, 15) is 9.90 Å². The van der Waals surface area contributed by atoms with E-state index in [1.54, 1.807) is 18.2 Å². The molecule has 2 rings (SSSR count). The summed E-state index contributed by atoms with van der Waals surface area (Å²) in [5, 5.41) is 11.5. The van der Waals surface area contributed by atoms with Crippen molar-refractivity contribution in [3.63, 3.8) is 0 Å². The van der Waals surface area contributed by atoms with Crippen molar-refractivity contribution in [1.29, 1.82) is 0 Å². The zero-order valence-corrected chi connectivity index (χ0v) is 9.94. The van der Waals surface area contributed by atoms with Gasteiger partial charge in [0.05, 0.1) is 0 Å². The summed E-state index contributed by atoms with van der Waals surface area (Å²) in [6.45, 7) is 2.06. The second-order valence-corrected chi connectivity index (χ2v) is 4.21. The molecule has 0 aliphatic rings. The lowest BCUT2D eigenvalue weighted by Gasteiger charge is -2.07. The van der Waals surface area contributed by atoms with Crippen LogP contribution >= 0.6 is 0 Å². The van der Waals surface area contributed by atoms with Crippen molar-refractivity contribution in [3.8, 4) is 5.75 Å². The molecule has 2 aromatic carbocycles. The normalized spacial score (nSPS) is 10.6. The number of ketones is 1. The smallest absolute Gasteiger partial charge is 0.163 e. The number of aromatic hydroxyl groups is 1. The molecule has 17 heavy (non-hydrogen) atoms. The highest BCUT2D eigenvalue weighted by Gasteiger charge is 2.11. The van der Waals surface area contributed by atoms with Gasteiger partial charge in [0.15, 0.2) is 5.78 Å². The van der Waals surface area contributed by atoms with Crippen LogP contribution in [0.4, 0.5) is 0 Å². The Morgan fingerprint density at radius 3 is 2.59 bits per heavy atom. The number of benzene rings is 2. The molecule has 88 valence electrons. The fourth-order valence-corrected chi connectivity index (χ4v) is 2.03. The number of rotatable bonds is 4. The van der Waals surface area contributed by atoms with Crippen LogP contribution in [0.25, 0.3) is 10.8 Å². The molecular formula is C15H16O2. The second kappa shape index (κ2) is 5.00. The van der Waals surface area contributed by atoms with Crippen molar-refractivity contribution in [2.24, 2.45) is 0 Å². The fraction of sp³-hybridized carbons (Fsp3) is 0.267. The molecule has 1 N–H and O–H groups in total. The maximum absolute atomic E-state index is 12.1. The second-order valence-electron chi connectivity index (χ2n) is 4.21. The minimum Gasteiger partial charge on any atom is -0.507 e. The van der Waals surface area contributed by atoms with Gasteiger partial charge >= 0.3 is 0 Å². The van der Waals surface area contributed by atoms with Crippen LogP contribution < -0.4 is 0 Å². The van der Waals surface area contributed by atoms with Gasteiger partial charge in [0, 0.05) is 17.4 Å². The van der Waals surface area contributed by atoms with Gasteiger partial charge in [-0.2, -0.15) is 0 Å². The molecule has 0 fully saturated rings. The van der Waals surface area contributed by atoms with Gasteiger partial charge in [-0.3, -0.25) is 4.79 Å². The van der Waals surface area contributed by atoms with Crippen molar-refractivity contribution in [2.45, 2.75) is 26.2 Å². The molecule has 0 amide bonds. The van der Waals surface area contributed by atoms with Gasteiger partial charge in [0.2, 0.25) is 0 Å². The molecule has 2 aromatic rings. The van der Waals surface area contributed by atoms with Crippen molar-refractivity contribution < 1.29 is 9.90 Å². The predicted molar refractivity (Wildman–Crippen MR) is 69.5 cm³/mol. The standard InChI is InChI=1S/C15H16O2/c1-2-3-9-13(16)12-8-4-6-11-7-5-10-14(17)15(11)12/h4-8,10,17H,2-3,9H2,1H3. The molecule has 0 radical (unpaired) electrons. The summed E-state index contributed by atoms with van der Waals surface area (Å²) in [6, 6.07) is 10.9. The molecule has 0 saturated carbocycles. The Bertz CT molecular complexity index is 538. The van der Waals surface area contributed by atoms with Crippen LogP contribution in [-0.4, -0.2) is 10.9 Å². The van der Waals surface area contributed by atoms with Gasteiger partial charge < -0.3 is 5.11 Å². The van der Waals surface area contributed by atoms with Gasteiger partial charge in [0.1, 0.15) is 5.75 Å². The summed E-state index contributed by atoms with van der Waals surface area (Å²) in [6.07, 6.45) is 2.44. The highest BCUT2D eigenvalue weighted by Crippen LogP contribution is 2.28. The minimum absolute atomic E-state index is 0.110. The monoisotopic (exact) mass is 228 g/mol. The number of phenols is 1. The Labute approximate surface area is 101 Å². The van der Waals surface area contributed by atoms with Crippen molar-refractivity contribution in [2.75, 3.05) is 0 Å². The SMILES string of the molecule is CCCCC(=O)c1cccc2cccc(O)c12. The predicted octanol–water partition coefficient (Wildman–Crippen LogP) is 3.92. The molecule has 0 saturated heterocycles. The molecule has 2 heteroatoms. The molecule has 0 bridgehead atoms. The fourth-order valence-electron chi connectivity index (χ4n) is 2.03. The summed E-state index contributed by atoms with van der Waals surface area (Å²) < 4.78 is 0. The Hall–Kier alpha value is -1.83. The molecule has 0 atom stereocenters. The molecular weight excluding hydrogens is 212 g/mol. The van der Waals surface area contributed by atoms with E-state index >= 15 is 0 Å². The molecule has 0 aliphatic heterocycles. The van der Waals surface area contributed by atoms with Crippen molar-refractivity contribution >= 4 is 16.6 Å². The highest BCUT2D eigenvalue weighted by atomic mass is 16.3. The van der Waals surface area contributed by atoms with E-state index < -0.39 is 0 Å². The third-order valence-corrected chi connectivity index (χ3v) is 2.94. The summed E-state index contributed by atoms with van der Waals surface area (Å²) in [4.78, 5) is 12.1. The molecule has 0 unspecified atom stereocenters. The number of phenolic OH excluding ortho intramolecular Hbond substituents is 1. The van der Waals surface area contributed by atoms with Gasteiger partial charge in [-0.05, 0) is 17.9 Å². The summed E-state index contributed by atoms with van der Waals surface area (Å²) >= 11 is 0. The third-order valence-electron chi connectivity index (χ3n) is 2.94. The van der Waals surface area contributed by atoms with Crippen LogP contribution in [0.2, 0.25) is 0 Å². The van der Waals surface area contributed by atoms with Crippen LogP contribution in [0.15, 0.2) is 36.4 Å². The maximum atomic E-state index is 12.1. The van der Waals surface area contributed by atoms with Crippen LogP contribution in [0.3, 0.4) is 0 Å². The van der Waals surface area contributed by atoms with E-state index in [2.05, 4.69) is 6.92 Å². The summed E-state index contributed by atoms with van der Waals surface area (Å²) in [5.74, 6) is 0.293. The third kappa shape index (κ3) is 2.31. The number of carbonyl (C=O) groups excluding carboxylic acids is 1. The maximum Gasteiger partial charge on any atom is 0.163 e. The lowest BCUT2D eigenvalue weighted by Crippen LogP contribution is -1.99. The van der Waals surface area contributed by atoms with Crippen molar-refractivity contribution in [1.82, 2.24) is 0 Å². The van der Waals surface area contributed by atoms with Crippen LogP contribution in [0.5, 0.6) is 5.75 Å². The number of unbranched alkanes of at least 4 members (excludes halogenated alkanes) is 1. The topological polar surface area (TPSA) is 37.3 Å². The lowest BCUT2D eigenvalue weighted by molar-refractivity contribution is 0.0981. The number of hydrogen-bond acceptors (Lipinski definition) is 2.